The van der Waals surface area contributed by atoms with E-state index in [1.54, 1.807) is 37.3 Å². The van der Waals surface area contributed by atoms with E-state index < -0.39 is 22.5 Å². The Bertz CT molecular complexity index is 865. The maximum absolute atomic E-state index is 12.9. The minimum absolute atomic E-state index is 0.00206. The van der Waals surface area contributed by atoms with Gasteiger partial charge in [0.05, 0.1) is 17.2 Å². The molecule has 8 heteroatoms. The van der Waals surface area contributed by atoms with E-state index in [9.17, 15) is 13.2 Å². The number of rotatable bonds is 7. The fourth-order valence-corrected chi connectivity index (χ4v) is 3.88. The highest BCUT2D eigenvalue weighted by Crippen LogP contribution is 2.28. The first-order valence-corrected chi connectivity index (χ1v) is 9.72. The van der Waals surface area contributed by atoms with Crippen molar-refractivity contribution in [3.05, 3.63) is 52.5 Å². The standard InChI is InChI=1S/C17H18BrNO5S/c1-3-24-14-5-7-15(8-6-14)25(22,23)19(11-17(20)21)13-4-9-16(18)12(2)10-13/h4-10H,3,11H2,1-2H3,(H,20,21). The number of halogens is 1. The summed E-state index contributed by atoms with van der Waals surface area (Å²) in [7, 11) is -4.03. The van der Waals surface area contributed by atoms with Gasteiger partial charge in [0, 0.05) is 4.47 Å². The molecule has 0 aliphatic heterocycles. The second kappa shape index (κ2) is 7.88. The van der Waals surface area contributed by atoms with E-state index in [1.807, 2.05) is 6.92 Å². The molecule has 2 aromatic rings. The molecular weight excluding hydrogens is 410 g/mol. The van der Waals surface area contributed by atoms with E-state index in [1.165, 1.54) is 12.1 Å². The van der Waals surface area contributed by atoms with Gasteiger partial charge in [-0.05, 0) is 61.9 Å². The number of carbonyl (C=O) groups is 1. The second-order valence-electron chi connectivity index (χ2n) is 5.24. The number of hydrogen-bond acceptors (Lipinski definition) is 4. The summed E-state index contributed by atoms with van der Waals surface area (Å²) in [5, 5.41) is 9.16. The molecular formula is C17H18BrNO5S. The van der Waals surface area contributed by atoms with Gasteiger partial charge in [-0.15, -0.1) is 0 Å². The van der Waals surface area contributed by atoms with Crippen molar-refractivity contribution in [1.82, 2.24) is 0 Å². The molecule has 2 rings (SSSR count). The Morgan fingerprint density at radius 3 is 2.36 bits per heavy atom. The third kappa shape index (κ3) is 4.52. The number of anilines is 1. The molecule has 0 aliphatic carbocycles. The highest BCUT2D eigenvalue weighted by Gasteiger charge is 2.27. The average molecular weight is 428 g/mol. The molecule has 0 radical (unpaired) electrons. The Morgan fingerprint density at radius 1 is 1.20 bits per heavy atom. The lowest BCUT2D eigenvalue weighted by Gasteiger charge is -2.23. The van der Waals surface area contributed by atoms with E-state index in [0.29, 0.717) is 12.4 Å². The van der Waals surface area contributed by atoms with E-state index in [0.717, 1.165) is 14.3 Å². The van der Waals surface area contributed by atoms with Gasteiger partial charge >= 0.3 is 5.97 Å². The average Bonchev–Trinajstić information content (AvgIpc) is 2.56. The summed E-state index contributed by atoms with van der Waals surface area (Å²) in [6, 6.07) is 10.8. The number of aliphatic carboxylic acids is 1. The maximum atomic E-state index is 12.9. The predicted octanol–water partition coefficient (Wildman–Crippen LogP) is 3.44. The van der Waals surface area contributed by atoms with Gasteiger partial charge in [-0.3, -0.25) is 9.10 Å². The van der Waals surface area contributed by atoms with Crippen LogP contribution in [0.5, 0.6) is 5.75 Å². The monoisotopic (exact) mass is 427 g/mol. The normalized spacial score (nSPS) is 11.2. The molecule has 0 amide bonds. The van der Waals surface area contributed by atoms with Crippen LogP contribution in [0.1, 0.15) is 12.5 Å². The predicted molar refractivity (Wildman–Crippen MR) is 98.7 cm³/mol. The molecule has 2 aromatic carbocycles. The Hall–Kier alpha value is -2.06. The number of aryl methyl sites for hydroxylation is 1. The Balaban J connectivity index is 2.47. The molecule has 0 aliphatic rings. The van der Waals surface area contributed by atoms with Crippen molar-refractivity contribution in [3.8, 4) is 5.75 Å². The van der Waals surface area contributed by atoms with Crippen LogP contribution >= 0.6 is 15.9 Å². The third-order valence-corrected chi connectivity index (χ3v) is 6.11. The number of nitrogens with zero attached hydrogens (tertiary/aromatic N) is 1. The summed E-state index contributed by atoms with van der Waals surface area (Å²) >= 11 is 3.35. The van der Waals surface area contributed by atoms with Gasteiger partial charge in [0.1, 0.15) is 12.3 Å². The Morgan fingerprint density at radius 2 is 1.84 bits per heavy atom. The highest BCUT2D eigenvalue weighted by molar-refractivity contribution is 9.10. The summed E-state index contributed by atoms with van der Waals surface area (Å²) in [5.41, 5.74) is 1.09. The van der Waals surface area contributed by atoms with Crippen molar-refractivity contribution >= 4 is 37.6 Å². The smallest absolute Gasteiger partial charge is 0.324 e. The molecule has 0 saturated carbocycles. The van der Waals surface area contributed by atoms with E-state index in [-0.39, 0.29) is 10.6 Å². The molecule has 0 fully saturated rings. The van der Waals surface area contributed by atoms with Crippen molar-refractivity contribution in [3.63, 3.8) is 0 Å². The summed E-state index contributed by atoms with van der Waals surface area (Å²) < 4.78 is 32.9. The SMILES string of the molecule is CCOc1ccc(S(=O)(=O)N(CC(=O)O)c2ccc(Br)c(C)c2)cc1. The van der Waals surface area contributed by atoms with Crippen LogP contribution in [0, 0.1) is 6.92 Å². The first-order valence-electron chi connectivity index (χ1n) is 7.49. The zero-order chi connectivity index (χ0) is 18.6. The molecule has 1 N–H and O–H groups in total. The van der Waals surface area contributed by atoms with Crippen LogP contribution in [0.15, 0.2) is 51.8 Å². The lowest BCUT2D eigenvalue weighted by molar-refractivity contribution is -0.135. The molecule has 0 unspecified atom stereocenters. The lowest BCUT2D eigenvalue weighted by atomic mass is 10.2. The number of sulfonamides is 1. The van der Waals surface area contributed by atoms with Crippen molar-refractivity contribution in [1.29, 1.82) is 0 Å². The van der Waals surface area contributed by atoms with Crippen molar-refractivity contribution < 1.29 is 23.1 Å². The van der Waals surface area contributed by atoms with Crippen LogP contribution in [-0.2, 0) is 14.8 Å². The minimum Gasteiger partial charge on any atom is -0.494 e. The number of ether oxygens (including phenoxy) is 1. The number of carboxylic acid groups (broad SMARTS) is 1. The van der Waals surface area contributed by atoms with Crippen LogP contribution < -0.4 is 9.04 Å². The summed E-state index contributed by atoms with van der Waals surface area (Å²) in [6.45, 7) is 3.43. The van der Waals surface area contributed by atoms with Crippen LogP contribution in [0.4, 0.5) is 5.69 Å². The maximum Gasteiger partial charge on any atom is 0.324 e. The van der Waals surface area contributed by atoms with Gasteiger partial charge in [0.2, 0.25) is 0 Å². The molecule has 0 bridgehead atoms. The molecule has 0 aromatic heterocycles. The van der Waals surface area contributed by atoms with Gasteiger partial charge in [0.25, 0.3) is 10.0 Å². The van der Waals surface area contributed by atoms with Crippen LogP contribution in [0.25, 0.3) is 0 Å². The largest absolute Gasteiger partial charge is 0.494 e. The van der Waals surface area contributed by atoms with Crippen LogP contribution in [0.3, 0.4) is 0 Å². The quantitative estimate of drug-likeness (QED) is 0.731. The molecule has 134 valence electrons. The molecule has 0 saturated heterocycles. The van der Waals surface area contributed by atoms with E-state index in [2.05, 4.69) is 15.9 Å². The first-order chi connectivity index (χ1) is 11.8. The van der Waals surface area contributed by atoms with Gasteiger partial charge < -0.3 is 9.84 Å². The fraction of sp³-hybridized carbons (Fsp3) is 0.235. The highest BCUT2D eigenvalue weighted by atomic mass is 79.9. The van der Waals surface area contributed by atoms with Gasteiger partial charge in [-0.2, -0.15) is 0 Å². The van der Waals surface area contributed by atoms with Crippen molar-refractivity contribution in [2.45, 2.75) is 18.7 Å². The number of hydrogen-bond donors (Lipinski definition) is 1. The summed E-state index contributed by atoms with van der Waals surface area (Å²) in [5.74, 6) is -0.694. The van der Waals surface area contributed by atoms with Gasteiger partial charge in [-0.1, -0.05) is 15.9 Å². The Kier molecular flexibility index (Phi) is 6.07. The van der Waals surface area contributed by atoms with Crippen LogP contribution in [0.2, 0.25) is 0 Å². The molecule has 0 heterocycles. The minimum atomic E-state index is -4.03. The van der Waals surface area contributed by atoms with Crippen LogP contribution in [-0.4, -0.2) is 32.6 Å². The van der Waals surface area contributed by atoms with E-state index >= 15 is 0 Å². The summed E-state index contributed by atoms with van der Waals surface area (Å²) in [4.78, 5) is 11.2. The topological polar surface area (TPSA) is 83.9 Å². The number of benzene rings is 2. The Labute approximate surface area is 155 Å². The second-order valence-corrected chi connectivity index (χ2v) is 7.96. The lowest BCUT2D eigenvalue weighted by Crippen LogP contribution is -2.35. The van der Waals surface area contributed by atoms with Crippen molar-refractivity contribution in [2.24, 2.45) is 0 Å². The molecule has 6 nitrogen and oxygen atoms in total. The van der Waals surface area contributed by atoms with Gasteiger partial charge in [0.15, 0.2) is 0 Å². The fourth-order valence-electron chi connectivity index (χ4n) is 2.22. The molecule has 0 atom stereocenters. The van der Waals surface area contributed by atoms with E-state index in [4.69, 9.17) is 9.84 Å². The number of carboxylic acids is 1. The molecule has 25 heavy (non-hydrogen) atoms. The van der Waals surface area contributed by atoms with Gasteiger partial charge in [-0.25, -0.2) is 8.42 Å². The van der Waals surface area contributed by atoms with Crippen molar-refractivity contribution in [2.75, 3.05) is 17.5 Å². The zero-order valence-electron chi connectivity index (χ0n) is 13.8. The third-order valence-electron chi connectivity index (χ3n) is 3.43. The zero-order valence-corrected chi connectivity index (χ0v) is 16.2. The molecule has 0 spiro atoms. The summed E-state index contributed by atoms with van der Waals surface area (Å²) in [6.07, 6.45) is 0. The first kappa shape index (κ1) is 19.3.